The molecule has 5 heteroatoms. The Labute approximate surface area is 143 Å². The quantitative estimate of drug-likeness (QED) is 0.868. The molecule has 1 heterocycles. The molecule has 2 amide bonds. The van der Waals surface area contributed by atoms with E-state index in [1.165, 1.54) is 12.8 Å². The number of carbonyl (C=O) groups excluding carboxylic acids is 2. The van der Waals surface area contributed by atoms with Gasteiger partial charge in [0, 0.05) is 19.6 Å². The lowest BCUT2D eigenvalue weighted by atomic mass is 9.96. The van der Waals surface area contributed by atoms with Crippen LogP contribution in [0.5, 0.6) is 5.75 Å². The lowest BCUT2D eigenvalue weighted by Gasteiger charge is -2.32. The number of methoxy groups -OCH3 is 1. The molecule has 0 bridgehead atoms. The largest absolute Gasteiger partial charge is 0.497 e. The van der Waals surface area contributed by atoms with Crippen LogP contribution in [0.2, 0.25) is 0 Å². The van der Waals surface area contributed by atoms with Crippen molar-refractivity contribution in [3.63, 3.8) is 0 Å². The number of hydrogen-bond acceptors (Lipinski definition) is 3. The first-order chi connectivity index (χ1) is 11.7. The van der Waals surface area contributed by atoms with Gasteiger partial charge in [0.1, 0.15) is 5.75 Å². The highest BCUT2D eigenvalue weighted by molar-refractivity contribution is 5.82. The van der Waals surface area contributed by atoms with Gasteiger partial charge in [0.25, 0.3) is 0 Å². The van der Waals surface area contributed by atoms with Gasteiger partial charge in [-0.1, -0.05) is 12.1 Å². The van der Waals surface area contributed by atoms with Crippen molar-refractivity contribution in [3.8, 4) is 5.75 Å². The summed E-state index contributed by atoms with van der Waals surface area (Å²) in [6, 6.07) is 7.59. The van der Waals surface area contributed by atoms with Crippen LogP contribution in [0.4, 0.5) is 0 Å². The van der Waals surface area contributed by atoms with Crippen molar-refractivity contribution < 1.29 is 14.3 Å². The zero-order chi connectivity index (χ0) is 16.9. The summed E-state index contributed by atoms with van der Waals surface area (Å²) in [7, 11) is 1.62. The van der Waals surface area contributed by atoms with E-state index in [1.807, 2.05) is 29.2 Å². The molecular formula is C19H26N2O3. The molecule has 1 N–H and O–H groups in total. The van der Waals surface area contributed by atoms with Crippen LogP contribution in [-0.2, 0) is 16.0 Å². The molecule has 5 nitrogen and oxygen atoms in total. The van der Waals surface area contributed by atoms with Crippen LogP contribution in [0.3, 0.4) is 0 Å². The second-order valence-corrected chi connectivity index (χ2v) is 6.90. The number of amides is 2. The van der Waals surface area contributed by atoms with E-state index in [-0.39, 0.29) is 17.7 Å². The van der Waals surface area contributed by atoms with Crippen LogP contribution in [0.25, 0.3) is 0 Å². The van der Waals surface area contributed by atoms with Crippen molar-refractivity contribution in [1.82, 2.24) is 10.2 Å². The van der Waals surface area contributed by atoms with Gasteiger partial charge in [0.05, 0.1) is 19.4 Å². The molecule has 1 aromatic rings. The van der Waals surface area contributed by atoms with Crippen LogP contribution in [-0.4, -0.2) is 43.5 Å². The Morgan fingerprint density at radius 2 is 2.12 bits per heavy atom. The molecule has 130 valence electrons. The maximum Gasteiger partial charge on any atom is 0.227 e. The van der Waals surface area contributed by atoms with Crippen molar-refractivity contribution in [3.05, 3.63) is 29.8 Å². The highest BCUT2D eigenvalue weighted by Gasteiger charge is 2.29. The second-order valence-electron chi connectivity index (χ2n) is 6.90. The maximum absolute atomic E-state index is 12.6. The Kier molecular flexibility index (Phi) is 5.38. The number of carbonyl (C=O) groups is 2. The zero-order valence-corrected chi connectivity index (χ0v) is 14.3. The monoisotopic (exact) mass is 330 g/mol. The minimum absolute atomic E-state index is 0.0632. The van der Waals surface area contributed by atoms with Crippen LogP contribution in [0.1, 0.15) is 31.2 Å². The van der Waals surface area contributed by atoms with Gasteiger partial charge >= 0.3 is 0 Å². The second kappa shape index (κ2) is 7.69. The van der Waals surface area contributed by atoms with Gasteiger partial charge in [0.2, 0.25) is 11.8 Å². The normalized spacial score (nSPS) is 20.5. The molecule has 1 saturated carbocycles. The fourth-order valence-electron chi connectivity index (χ4n) is 3.20. The molecule has 2 aliphatic rings. The number of nitrogens with one attached hydrogen (secondary N) is 1. The van der Waals surface area contributed by atoms with Gasteiger partial charge in [-0.3, -0.25) is 9.59 Å². The van der Waals surface area contributed by atoms with Gasteiger partial charge in [-0.2, -0.15) is 0 Å². The van der Waals surface area contributed by atoms with E-state index >= 15 is 0 Å². The molecule has 1 atom stereocenters. The van der Waals surface area contributed by atoms with E-state index < -0.39 is 0 Å². The van der Waals surface area contributed by atoms with Crippen molar-refractivity contribution >= 4 is 11.8 Å². The first-order valence-electron chi connectivity index (χ1n) is 8.84. The van der Waals surface area contributed by atoms with Gasteiger partial charge in [-0.25, -0.2) is 0 Å². The van der Waals surface area contributed by atoms with Gasteiger partial charge < -0.3 is 15.0 Å². The van der Waals surface area contributed by atoms with Crippen LogP contribution in [0.15, 0.2) is 24.3 Å². The number of nitrogens with zero attached hydrogens (tertiary/aromatic N) is 1. The summed E-state index contributed by atoms with van der Waals surface area (Å²) in [6.07, 6.45) is 4.59. The Bertz CT molecular complexity index is 598. The molecule has 0 aromatic heterocycles. The van der Waals surface area contributed by atoms with Crippen LogP contribution >= 0.6 is 0 Å². The van der Waals surface area contributed by atoms with Crippen molar-refractivity contribution in [2.24, 2.45) is 11.8 Å². The molecule has 1 aliphatic carbocycles. The number of hydrogen-bond donors (Lipinski definition) is 1. The van der Waals surface area contributed by atoms with Gasteiger partial charge in [-0.15, -0.1) is 0 Å². The predicted octanol–water partition coefficient (Wildman–Crippen LogP) is 2.00. The van der Waals surface area contributed by atoms with Crippen LogP contribution in [0, 0.1) is 11.8 Å². The Morgan fingerprint density at radius 1 is 1.29 bits per heavy atom. The van der Waals surface area contributed by atoms with Crippen molar-refractivity contribution in [1.29, 1.82) is 0 Å². The van der Waals surface area contributed by atoms with E-state index in [4.69, 9.17) is 4.74 Å². The first kappa shape index (κ1) is 16.8. The smallest absolute Gasteiger partial charge is 0.227 e. The third-order valence-electron chi connectivity index (χ3n) is 4.90. The van der Waals surface area contributed by atoms with Gasteiger partial charge in [-0.05, 0) is 49.3 Å². The summed E-state index contributed by atoms with van der Waals surface area (Å²) < 4.78 is 5.20. The van der Waals surface area contributed by atoms with E-state index in [1.54, 1.807) is 7.11 Å². The van der Waals surface area contributed by atoms with Crippen molar-refractivity contribution in [2.45, 2.75) is 32.1 Å². The fourth-order valence-corrected chi connectivity index (χ4v) is 3.20. The predicted molar refractivity (Wildman–Crippen MR) is 91.7 cm³/mol. The molecule has 0 spiro atoms. The molecule has 1 aromatic carbocycles. The highest BCUT2D eigenvalue weighted by Crippen LogP contribution is 2.28. The summed E-state index contributed by atoms with van der Waals surface area (Å²) in [5.74, 6) is 1.58. The number of piperidine rings is 1. The fraction of sp³-hybridized carbons (Fsp3) is 0.579. The Balaban J connectivity index is 1.52. The average Bonchev–Trinajstić information content (AvgIpc) is 3.44. The number of likely N-dealkylation sites (tertiary alicyclic amines) is 1. The average molecular weight is 330 g/mol. The highest BCUT2D eigenvalue weighted by atomic mass is 16.5. The summed E-state index contributed by atoms with van der Waals surface area (Å²) in [4.78, 5) is 26.7. The summed E-state index contributed by atoms with van der Waals surface area (Å²) >= 11 is 0. The van der Waals surface area contributed by atoms with Crippen molar-refractivity contribution in [2.75, 3.05) is 26.7 Å². The Hall–Kier alpha value is -2.04. The lowest BCUT2D eigenvalue weighted by Crippen LogP contribution is -2.46. The molecule has 0 unspecified atom stereocenters. The molecule has 24 heavy (non-hydrogen) atoms. The molecule has 1 aliphatic heterocycles. The molecule has 0 radical (unpaired) electrons. The number of benzene rings is 1. The first-order valence-corrected chi connectivity index (χ1v) is 8.84. The summed E-state index contributed by atoms with van der Waals surface area (Å²) in [6.45, 7) is 2.08. The molecule has 3 rings (SSSR count). The van der Waals surface area contributed by atoms with Gasteiger partial charge in [0.15, 0.2) is 0 Å². The summed E-state index contributed by atoms with van der Waals surface area (Å²) in [5.41, 5.74) is 0.944. The molecule has 2 fully saturated rings. The topological polar surface area (TPSA) is 58.6 Å². The van der Waals surface area contributed by atoms with E-state index in [0.29, 0.717) is 18.9 Å². The van der Waals surface area contributed by atoms with E-state index in [9.17, 15) is 9.59 Å². The third-order valence-corrected chi connectivity index (χ3v) is 4.90. The SMILES string of the molecule is COc1cccc(CC(=O)N2CCC[C@H](C(=O)NCC3CC3)C2)c1. The number of ether oxygens (including phenoxy) is 1. The van der Waals surface area contributed by atoms with E-state index in [0.717, 1.165) is 37.2 Å². The lowest BCUT2D eigenvalue weighted by molar-refractivity contribution is -0.135. The standard InChI is InChI=1S/C19H26N2O3/c1-24-17-6-2-4-15(10-17)11-18(22)21-9-3-5-16(13-21)19(23)20-12-14-7-8-14/h2,4,6,10,14,16H,3,5,7-9,11-13H2,1H3,(H,20,23)/t16-/m0/s1. The maximum atomic E-state index is 12.6. The molecule has 1 saturated heterocycles. The molecular weight excluding hydrogens is 304 g/mol. The Morgan fingerprint density at radius 3 is 2.88 bits per heavy atom. The minimum Gasteiger partial charge on any atom is -0.497 e. The number of rotatable bonds is 6. The third kappa shape index (κ3) is 4.49. The minimum atomic E-state index is -0.0632. The zero-order valence-electron chi connectivity index (χ0n) is 14.3. The van der Waals surface area contributed by atoms with Crippen LogP contribution < -0.4 is 10.1 Å². The van der Waals surface area contributed by atoms with E-state index in [2.05, 4.69) is 5.32 Å². The summed E-state index contributed by atoms with van der Waals surface area (Å²) in [5, 5.41) is 3.05.